The molecule has 0 saturated heterocycles. The van der Waals surface area contributed by atoms with Crippen LogP contribution in [0.2, 0.25) is 0 Å². The molecule has 5 heteroatoms. The second-order valence-corrected chi connectivity index (χ2v) is 4.92. The highest BCUT2D eigenvalue weighted by molar-refractivity contribution is 7.85. The molecule has 0 fully saturated rings. The molecule has 0 aliphatic carbocycles. The van der Waals surface area contributed by atoms with Crippen LogP contribution in [0.25, 0.3) is 0 Å². The van der Waals surface area contributed by atoms with Crippen molar-refractivity contribution in [1.82, 2.24) is 4.90 Å². The van der Waals surface area contributed by atoms with E-state index in [9.17, 15) is 9.00 Å². The molecule has 1 aromatic carbocycles. The standard InChI is InChI=1S/C11H16N2O2S/c1-3-13(2)11(14)8-16(15)10-6-4-9(12)5-7-10/h4-7H,3,8,12H2,1-2H3. The van der Waals surface area contributed by atoms with Crippen molar-refractivity contribution >= 4 is 22.4 Å². The monoisotopic (exact) mass is 240 g/mol. The Labute approximate surface area is 97.9 Å². The Morgan fingerprint density at radius 2 is 1.94 bits per heavy atom. The minimum atomic E-state index is -1.29. The van der Waals surface area contributed by atoms with Gasteiger partial charge in [-0.05, 0) is 31.2 Å². The number of nitrogens with two attached hydrogens (primary N) is 1. The van der Waals surface area contributed by atoms with Crippen LogP contribution < -0.4 is 5.73 Å². The first kappa shape index (κ1) is 12.7. The summed E-state index contributed by atoms with van der Waals surface area (Å²) in [7, 11) is 0.406. The molecule has 2 N–H and O–H groups in total. The lowest BCUT2D eigenvalue weighted by Crippen LogP contribution is -2.30. The lowest BCUT2D eigenvalue weighted by atomic mass is 10.3. The van der Waals surface area contributed by atoms with Crippen molar-refractivity contribution < 1.29 is 9.00 Å². The molecule has 0 saturated carbocycles. The predicted molar refractivity (Wildman–Crippen MR) is 65.4 cm³/mol. The van der Waals surface area contributed by atoms with Gasteiger partial charge in [-0.2, -0.15) is 0 Å². The number of benzene rings is 1. The summed E-state index contributed by atoms with van der Waals surface area (Å²) in [6.45, 7) is 2.50. The van der Waals surface area contributed by atoms with Crippen molar-refractivity contribution in [3.63, 3.8) is 0 Å². The van der Waals surface area contributed by atoms with Gasteiger partial charge in [0.25, 0.3) is 0 Å². The summed E-state index contributed by atoms with van der Waals surface area (Å²) < 4.78 is 11.8. The molecule has 88 valence electrons. The molecule has 1 rings (SSSR count). The van der Waals surface area contributed by atoms with E-state index >= 15 is 0 Å². The number of nitrogens with zero attached hydrogens (tertiary/aromatic N) is 1. The van der Waals surface area contributed by atoms with Crippen LogP contribution in [0, 0.1) is 0 Å². The van der Waals surface area contributed by atoms with Crippen LogP contribution in [0.4, 0.5) is 5.69 Å². The Hall–Kier alpha value is -1.36. The topological polar surface area (TPSA) is 63.4 Å². The molecule has 16 heavy (non-hydrogen) atoms. The number of rotatable bonds is 4. The average Bonchev–Trinajstić information content (AvgIpc) is 2.28. The van der Waals surface area contributed by atoms with Crippen molar-refractivity contribution in [3.05, 3.63) is 24.3 Å². The van der Waals surface area contributed by atoms with Gasteiger partial charge in [-0.3, -0.25) is 9.00 Å². The first-order chi connectivity index (χ1) is 7.54. The highest BCUT2D eigenvalue weighted by Gasteiger charge is 2.12. The SMILES string of the molecule is CCN(C)C(=O)CS(=O)c1ccc(N)cc1. The number of nitrogen functional groups attached to an aromatic ring is 1. The molecule has 0 bridgehead atoms. The highest BCUT2D eigenvalue weighted by Crippen LogP contribution is 2.10. The van der Waals surface area contributed by atoms with E-state index in [-0.39, 0.29) is 11.7 Å². The van der Waals surface area contributed by atoms with Gasteiger partial charge in [0, 0.05) is 24.2 Å². The maximum atomic E-state index is 11.8. The van der Waals surface area contributed by atoms with Gasteiger partial charge >= 0.3 is 0 Å². The molecule has 1 atom stereocenters. The number of amides is 1. The lowest BCUT2D eigenvalue weighted by Gasteiger charge is -2.13. The van der Waals surface area contributed by atoms with E-state index in [0.717, 1.165) is 0 Å². The van der Waals surface area contributed by atoms with E-state index in [0.29, 0.717) is 17.1 Å². The van der Waals surface area contributed by atoms with Crippen molar-refractivity contribution in [3.8, 4) is 0 Å². The minimum absolute atomic E-state index is 0.0221. The van der Waals surface area contributed by atoms with Crippen LogP contribution in [0.1, 0.15) is 6.92 Å². The van der Waals surface area contributed by atoms with Crippen molar-refractivity contribution in [2.75, 3.05) is 25.1 Å². The molecule has 0 heterocycles. The summed E-state index contributed by atoms with van der Waals surface area (Å²) in [5, 5.41) is 0. The Morgan fingerprint density at radius 1 is 1.38 bits per heavy atom. The molecule has 0 spiro atoms. The zero-order valence-electron chi connectivity index (χ0n) is 9.47. The Morgan fingerprint density at radius 3 is 2.44 bits per heavy atom. The number of carbonyl (C=O) groups excluding carboxylic acids is 1. The molecule has 0 aromatic heterocycles. The van der Waals surface area contributed by atoms with Crippen LogP contribution in [-0.4, -0.2) is 34.4 Å². The van der Waals surface area contributed by atoms with Crippen molar-refractivity contribution in [2.45, 2.75) is 11.8 Å². The molecular formula is C11H16N2O2S. The number of hydrogen-bond acceptors (Lipinski definition) is 3. The fraction of sp³-hybridized carbons (Fsp3) is 0.364. The van der Waals surface area contributed by atoms with Crippen molar-refractivity contribution in [2.24, 2.45) is 0 Å². The Kier molecular flexibility index (Phi) is 4.49. The van der Waals surface area contributed by atoms with E-state index in [1.807, 2.05) is 6.92 Å². The van der Waals surface area contributed by atoms with Crippen LogP contribution >= 0.6 is 0 Å². The zero-order chi connectivity index (χ0) is 12.1. The maximum absolute atomic E-state index is 11.8. The summed E-state index contributed by atoms with van der Waals surface area (Å²) in [5.74, 6) is -0.0912. The second kappa shape index (κ2) is 5.65. The van der Waals surface area contributed by atoms with Gasteiger partial charge in [0.15, 0.2) is 0 Å². The van der Waals surface area contributed by atoms with Crippen LogP contribution in [0.3, 0.4) is 0 Å². The maximum Gasteiger partial charge on any atom is 0.235 e. The van der Waals surface area contributed by atoms with E-state index in [1.54, 1.807) is 36.2 Å². The van der Waals surface area contributed by atoms with Gasteiger partial charge < -0.3 is 10.6 Å². The van der Waals surface area contributed by atoms with Crippen molar-refractivity contribution in [1.29, 1.82) is 0 Å². The Balaban J connectivity index is 2.66. The molecule has 0 aliphatic heterocycles. The molecule has 1 amide bonds. The summed E-state index contributed by atoms with van der Waals surface area (Å²) in [4.78, 5) is 13.7. The van der Waals surface area contributed by atoms with E-state index in [1.165, 1.54) is 0 Å². The summed E-state index contributed by atoms with van der Waals surface area (Å²) in [6, 6.07) is 6.73. The van der Waals surface area contributed by atoms with Gasteiger partial charge in [-0.1, -0.05) is 0 Å². The highest BCUT2D eigenvalue weighted by atomic mass is 32.2. The van der Waals surface area contributed by atoms with Gasteiger partial charge in [0.1, 0.15) is 5.75 Å². The van der Waals surface area contributed by atoms with E-state index in [4.69, 9.17) is 5.73 Å². The third kappa shape index (κ3) is 3.34. The van der Waals surface area contributed by atoms with E-state index in [2.05, 4.69) is 0 Å². The minimum Gasteiger partial charge on any atom is -0.399 e. The Bertz CT molecular complexity index is 389. The normalized spacial score (nSPS) is 12.1. The van der Waals surface area contributed by atoms with Gasteiger partial charge in [0.2, 0.25) is 5.91 Å². The molecular weight excluding hydrogens is 224 g/mol. The third-order valence-electron chi connectivity index (χ3n) is 2.30. The lowest BCUT2D eigenvalue weighted by molar-refractivity contribution is -0.126. The number of hydrogen-bond donors (Lipinski definition) is 1. The summed E-state index contributed by atoms with van der Waals surface area (Å²) in [6.07, 6.45) is 0. The average molecular weight is 240 g/mol. The van der Waals surface area contributed by atoms with Gasteiger partial charge in [0.05, 0.1) is 10.8 Å². The third-order valence-corrected chi connectivity index (χ3v) is 3.60. The quantitative estimate of drug-likeness (QED) is 0.794. The predicted octanol–water partition coefficient (Wildman–Crippen LogP) is 0.855. The first-order valence-corrected chi connectivity index (χ1v) is 6.34. The molecule has 1 aromatic rings. The van der Waals surface area contributed by atoms with Gasteiger partial charge in [-0.15, -0.1) is 0 Å². The second-order valence-electron chi connectivity index (χ2n) is 3.47. The van der Waals surface area contributed by atoms with Gasteiger partial charge in [-0.25, -0.2) is 0 Å². The van der Waals surface area contributed by atoms with Crippen LogP contribution in [0.15, 0.2) is 29.2 Å². The first-order valence-electron chi connectivity index (χ1n) is 5.02. The van der Waals surface area contributed by atoms with Crippen LogP contribution in [-0.2, 0) is 15.6 Å². The number of carbonyl (C=O) groups is 1. The number of anilines is 1. The van der Waals surface area contributed by atoms with E-state index < -0.39 is 10.8 Å². The summed E-state index contributed by atoms with van der Waals surface area (Å²) in [5.41, 5.74) is 6.15. The van der Waals surface area contributed by atoms with Crippen LogP contribution in [0.5, 0.6) is 0 Å². The molecule has 4 nitrogen and oxygen atoms in total. The molecule has 0 aliphatic rings. The molecule has 1 unspecified atom stereocenters. The molecule has 0 radical (unpaired) electrons. The smallest absolute Gasteiger partial charge is 0.235 e. The fourth-order valence-corrected chi connectivity index (χ4v) is 2.15. The zero-order valence-corrected chi connectivity index (χ0v) is 10.3. The summed E-state index contributed by atoms with van der Waals surface area (Å²) >= 11 is 0. The largest absolute Gasteiger partial charge is 0.399 e. The fourth-order valence-electron chi connectivity index (χ4n) is 1.10.